The zero-order chi connectivity index (χ0) is 26.8. The van der Waals surface area contributed by atoms with Crippen molar-refractivity contribution in [3.8, 4) is 17.2 Å². The fourth-order valence-corrected chi connectivity index (χ4v) is 4.16. The molecule has 3 aromatic carbocycles. The highest BCUT2D eigenvalue weighted by Gasteiger charge is 2.84. The van der Waals surface area contributed by atoms with Crippen LogP contribution in [0.1, 0.15) is 24.5 Å². The minimum absolute atomic E-state index is 0.0348. The quantitative estimate of drug-likeness (QED) is 0.140. The van der Waals surface area contributed by atoms with Crippen LogP contribution in [0.4, 0.5) is 23.2 Å². The Morgan fingerprint density at radius 2 is 1.68 bits per heavy atom. The van der Waals surface area contributed by atoms with Gasteiger partial charge in [-0.1, -0.05) is 36.4 Å². The third-order valence-corrected chi connectivity index (χ3v) is 6.05. The molecular weight excluding hydrogens is 498 g/mol. The molecule has 0 saturated heterocycles. The van der Waals surface area contributed by atoms with E-state index in [9.17, 15) is 32.5 Å². The van der Waals surface area contributed by atoms with E-state index in [0.717, 1.165) is 12.1 Å². The van der Waals surface area contributed by atoms with E-state index in [0.29, 0.717) is 17.9 Å². The van der Waals surface area contributed by atoms with Gasteiger partial charge >= 0.3 is 23.5 Å². The standard InChI is InChI=1S/C26H21F4NO6/c1-2-35-19-12-10-18(11-13-19)24(16-25(27,28)26(24,29)30)23(32)36-15-17-6-5-7-20(14-17)37-22-9-4-3-8-21(22)31(33)34/h3-14H,2,15-16H2,1H3. The van der Waals surface area contributed by atoms with Crippen LogP contribution in [0, 0.1) is 10.1 Å². The van der Waals surface area contributed by atoms with E-state index < -0.39 is 41.2 Å². The van der Waals surface area contributed by atoms with Gasteiger partial charge in [-0.3, -0.25) is 14.9 Å². The van der Waals surface area contributed by atoms with Crippen molar-refractivity contribution >= 4 is 11.7 Å². The van der Waals surface area contributed by atoms with Crippen molar-refractivity contribution in [2.45, 2.75) is 37.2 Å². The molecule has 0 aromatic heterocycles. The summed E-state index contributed by atoms with van der Waals surface area (Å²) in [5, 5.41) is 11.2. The van der Waals surface area contributed by atoms with E-state index in [4.69, 9.17) is 14.2 Å². The van der Waals surface area contributed by atoms with Crippen LogP contribution in [0.25, 0.3) is 0 Å². The number of carbonyl (C=O) groups excluding carboxylic acids is 1. The smallest absolute Gasteiger partial charge is 0.330 e. The van der Waals surface area contributed by atoms with Gasteiger partial charge in [0.05, 0.1) is 11.5 Å². The molecule has 0 spiro atoms. The molecular formula is C26H21F4NO6. The third-order valence-electron chi connectivity index (χ3n) is 6.05. The zero-order valence-corrected chi connectivity index (χ0v) is 19.5. The van der Waals surface area contributed by atoms with E-state index in [1.54, 1.807) is 13.0 Å². The van der Waals surface area contributed by atoms with Crippen LogP contribution in [0.5, 0.6) is 17.2 Å². The van der Waals surface area contributed by atoms with Gasteiger partial charge in [0.2, 0.25) is 5.75 Å². The maximum absolute atomic E-state index is 14.8. The summed E-state index contributed by atoms with van der Waals surface area (Å²) in [6, 6.07) is 16.5. The number of nitro groups is 1. The number of esters is 1. The SMILES string of the molecule is CCOc1ccc(C2(C(=O)OCc3cccc(Oc4ccccc4[N+](=O)[O-])c3)CC(F)(F)C2(F)F)cc1. The van der Waals surface area contributed by atoms with Gasteiger partial charge in [-0.25, -0.2) is 0 Å². The van der Waals surface area contributed by atoms with Gasteiger partial charge in [0.25, 0.3) is 0 Å². The number of hydrogen-bond donors (Lipinski definition) is 0. The lowest BCUT2D eigenvalue weighted by atomic mass is 9.58. The number of nitrogens with zero attached hydrogens (tertiary/aromatic N) is 1. The minimum atomic E-state index is -4.68. The molecule has 1 saturated carbocycles. The molecule has 0 amide bonds. The van der Waals surface area contributed by atoms with Gasteiger partial charge in [-0.15, -0.1) is 0 Å². The summed E-state index contributed by atoms with van der Waals surface area (Å²) in [6.45, 7) is 1.50. The number of halogens is 4. The van der Waals surface area contributed by atoms with Crippen LogP contribution in [-0.4, -0.2) is 29.3 Å². The van der Waals surface area contributed by atoms with Crippen molar-refractivity contribution in [3.63, 3.8) is 0 Å². The van der Waals surface area contributed by atoms with Crippen LogP contribution in [0.3, 0.4) is 0 Å². The monoisotopic (exact) mass is 519 g/mol. The van der Waals surface area contributed by atoms with Crippen LogP contribution < -0.4 is 9.47 Å². The lowest BCUT2D eigenvalue weighted by Gasteiger charge is -2.51. The summed E-state index contributed by atoms with van der Waals surface area (Å²) < 4.78 is 73.4. The van der Waals surface area contributed by atoms with Crippen LogP contribution >= 0.6 is 0 Å². The fourth-order valence-electron chi connectivity index (χ4n) is 4.16. The summed E-state index contributed by atoms with van der Waals surface area (Å²) in [5.74, 6) is -10.1. The minimum Gasteiger partial charge on any atom is -0.494 e. The molecule has 1 unspecified atom stereocenters. The Balaban J connectivity index is 1.54. The maximum atomic E-state index is 14.8. The topological polar surface area (TPSA) is 87.9 Å². The number of benzene rings is 3. The van der Waals surface area contributed by atoms with Crippen molar-refractivity contribution in [1.29, 1.82) is 0 Å². The second-order valence-electron chi connectivity index (χ2n) is 8.37. The lowest BCUT2D eigenvalue weighted by Crippen LogP contribution is -2.72. The summed E-state index contributed by atoms with van der Waals surface area (Å²) in [5.41, 5.74) is -3.17. The fraction of sp³-hybridized carbons (Fsp3) is 0.269. The van der Waals surface area contributed by atoms with Gasteiger partial charge in [-0.2, -0.15) is 17.6 Å². The zero-order valence-electron chi connectivity index (χ0n) is 19.5. The maximum Gasteiger partial charge on any atom is 0.330 e. The highest BCUT2D eigenvalue weighted by atomic mass is 19.3. The van der Waals surface area contributed by atoms with Gasteiger partial charge in [0, 0.05) is 12.5 Å². The summed E-state index contributed by atoms with van der Waals surface area (Å²) in [4.78, 5) is 23.5. The molecule has 1 aliphatic carbocycles. The molecule has 0 bridgehead atoms. The Morgan fingerprint density at radius 3 is 2.30 bits per heavy atom. The summed E-state index contributed by atoms with van der Waals surface area (Å²) in [7, 11) is 0. The molecule has 1 fully saturated rings. The second-order valence-corrected chi connectivity index (χ2v) is 8.37. The number of carbonyl (C=O) groups is 1. The molecule has 4 rings (SSSR count). The first-order chi connectivity index (χ1) is 17.5. The van der Waals surface area contributed by atoms with E-state index in [1.165, 1.54) is 54.6 Å². The van der Waals surface area contributed by atoms with Gasteiger partial charge < -0.3 is 14.2 Å². The normalized spacial score (nSPS) is 19.4. The van der Waals surface area contributed by atoms with Crippen LogP contribution in [0.15, 0.2) is 72.8 Å². The Morgan fingerprint density at radius 1 is 0.973 bits per heavy atom. The molecule has 194 valence electrons. The molecule has 3 aromatic rings. The van der Waals surface area contributed by atoms with E-state index in [2.05, 4.69) is 0 Å². The van der Waals surface area contributed by atoms with Crippen molar-refractivity contribution in [3.05, 3.63) is 94.0 Å². The third kappa shape index (κ3) is 4.56. The number of rotatable bonds is 9. The number of para-hydroxylation sites is 2. The molecule has 1 atom stereocenters. The molecule has 0 heterocycles. The molecule has 0 aliphatic heterocycles. The largest absolute Gasteiger partial charge is 0.494 e. The Kier molecular flexibility index (Phi) is 6.81. The van der Waals surface area contributed by atoms with E-state index in [1.807, 2.05) is 0 Å². The average molecular weight is 519 g/mol. The first-order valence-electron chi connectivity index (χ1n) is 11.2. The number of alkyl halides is 4. The number of hydrogen-bond acceptors (Lipinski definition) is 6. The molecule has 37 heavy (non-hydrogen) atoms. The predicted molar refractivity (Wildman–Crippen MR) is 123 cm³/mol. The molecule has 0 N–H and O–H groups in total. The highest BCUT2D eigenvalue weighted by molar-refractivity contribution is 5.87. The van der Waals surface area contributed by atoms with Crippen molar-refractivity contribution < 1.29 is 41.5 Å². The number of nitro benzene ring substituents is 1. The molecule has 11 heteroatoms. The Bertz CT molecular complexity index is 1310. The predicted octanol–water partition coefficient (Wildman–Crippen LogP) is 6.44. The van der Waals surface area contributed by atoms with Gasteiger partial charge in [0.1, 0.15) is 18.1 Å². The van der Waals surface area contributed by atoms with Crippen molar-refractivity contribution in [1.82, 2.24) is 0 Å². The molecule has 0 radical (unpaired) electrons. The van der Waals surface area contributed by atoms with Gasteiger partial charge in [0.15, 0.2) is 5.41 Å². The second kappa shape index (κ2) is 9.72. The summed E-state index contributed by atoms with van der Waals surface area (Å²) in [6.07, 6.45) is -1.42. The number of ether oxygens (including phenoxy) is 3. The molecule has 7 nitrogen and oxygen atoms in total. The van der Waals surface area contributed by atoms with E-state index >= 15 is 0 Å². The Labute approximate surface area is 208 Å². The first kappa shape index (κ1) is 25.9. The van der Waals surface area contributed by atoms with Gasteiger partial charge in [-0.05, 0) is 48.4 Å². The Hall–Kier alpha value is -4.15. The first-order valence-corrected chi connectivity index (χ1v) is 11.2. The van der Waals surface area contributed by atoms with Crippen molar-refractivity contribution in [2.75, 3.05) is 6.61 Å². The summed E-state index contributed by atoms with van der Waals surface area (Å²) >= 11 is 0. The van der Waals surface area contributed by atoms with Crippen molar-refractivity contribution in [2.24, 2.45) is 0 Å². The lowest BCUT2D eigenvalue weighted by molar-refractivity contribution is -0.385. The van der Waals surface area contributed by atoms with Crippen LogP contribution in [-0.2, 0) is 21.6 Å². The average Bonchev–Trinajstić information content (AvgIpc) is 2.87. The van der Waals surface area contributed by atoms with Crippen LogP contribution in [0.2, 0.25) is 0 Å². The van der Waals surface area contributed by atoms with E-state index in [-0.39, 0.29) is 22.7 Å². The highest BCUT2D eigenvalue weighted by Crippen LogP contribution is 2.64. The molecule has 1 aliphatic rings.